The Hall–Kier alpha value is -2.26. The van der Waals surface area contributed by atoms with Gasteiger partial charge in [-0.25, -0.2) is 9.59 Å². The van der Waals surface area contributed by atoms with Gasteiger partial charge in [0.1, 0.15) is 12.2 Å². The molecular weight excluding hydrogens is 380 g/mol. The second-order valence-electron chi connectivity index (χ2n) is 7.41. The highest BCUT2D eigenvalue weighted by atomic mass is 16.5. The molecule has 29 heavy (non-hydrogen) atoms. The Morgan fingerprint density at radius 2 is 1.83 bits per heavy atom. The topological polar surface area (TPSA) is 134 Å². The number of rotatable bonds is 9. The van der Waals surface area contributed by atoms with Crippen molar-refractivity contribution in [2.45, 2.75) is 31.7 Å². The van der Waals surface area contributed by atoms with Gasteiger partial charge in [-0.1, -0.05) is 32.7 Å². The average molecular weight is 410 g/mol. The van der Waals surface area contributed by atoms with E-state index < -0.39 is 60.7 Å². The van der Waals surface area contributed by atoms with Gasteiger partial charge in [0.25, 0.3) is 0 Å². The molecule has 0 aromatic carbocycles. The molecule has 1 aliphatic rings. The van der Waals surface area contributed by atoms with E-state index in [1.54, 1.807) is 13.0 Å². The summed E-state index contributed by atoms with van der Waals surface area (Å²) in [5, 5.41) is 39.3. The van der Waals surface area contributed by atoms with Gasteiger partial charge in [0, 0.05) is 11.5 Å². The van der Waals surface area contributed by atoms with E-state index in [2.05, 4.69) is 26.3 Å². The molecule has 1 fully saturated rings. The summed E-state index contributed by atoms with van der Waals surface area (Å²) in [4.78, 5) is 24.5. The fraction of sp³-hybridized carbons (Fsp3) is 0.524. The summed E-state index contributed by atoms with van der Waals surface area (Å²) < 4.78 is 10.2. The number of hydrogen-bond acceptors (Lipinski definition) is 8. The van der Waals surface area contributed by atoms with Crippen LogP contribution in [0.15, 0.2) is 49.1 Å². The number of esters is 2. The molecule has 0 aromatic rings. The highest BCUT2D eigenvalue weighted by Crippen LogP contribution is 2.50. The number of aliphatic hydroxyl groups excluding tert-OH is 4. The van der Waals surface area contributed by atoms with Gasteiger partial charge in [0.05, 0.1) is 37.9 Å². The predicted molar refractivity (Wildman–Crippen MR) is 105 cm³/mol. The lowest BCUT2D eigenvalue weighted by Crippen LogP contribution is -2.54. The minimum absolute atomic E-state index is 0.117. The van der Waals surface area contributed by atoms with Gasteiger partial charge in [-0.2, -0.15) is 0 Å². The van der Waals surface area contributed by atoms with Crippen molar-refractivity contribution in [2.75, 3.05) is 20.3 Å². The zero-order valence-electron chi connectivity index (χ0n) is 16.8. The average Bonchev–Trinajstić information content (AvgIpc) is 2.70. The van der Waals surface area contributed by atoms with Gasteiger partial charge in [-0.3, -0.25) is 0 Å². The monoisotopic (exact) mass is 410 g/mol. The molecule has 8 heteroatoms. The van der Waals surface area contributed by atoms with Crippen LogP contribution >= 0.6 is 0 Å². The second kappa shape index (κ2) is 9.98. The van der Waals surface area contributed by atoms with Gasteiger partial charge in [0.15, 0.2) is 0 Å². The SMILES string of the molecule is C=C[C@@]1(C)C[C@H](OC(=O)C(=C)[C@@H](O)CO)[C@@H](C(=C)C(=O)OC)[C@@H](O)[C@H]1C(=C)CO. The lowest BCUT2D eigenvalue weighted by molar-refractivity contribution is -0.162. The quantitative estimate of drug-likeness (QED) is 0.242. The van der Waals surface area contributed by atoms with Crippen LogP contribution in [0, 0.1) is 17.3 Å². The molecule has 0 aliphatic heterocycles. The van der Waals surface area contributed by atoms with Crippen LogP contribution < -0.4 is 0 Å². The molecule has 6 atom stereocenters. The van der Waals surface area contributed by atoms with E-state index in [0.717, 1.165) is 7.11 Å². The van der Waals surface area contributed by atoms with Crippen LogP contribution in [0.4, 0.5) is 0 Å². The van der Waals surface area contributed by atoms with Crippen molar-refractivity contribution < 1.29 is 39.5 Å². The lowest BCUT2D eigenvalue weighted by atomic mass is 9.58. The van der Waals surface area contributed by atoms with Crippen molar-refractivity contribution in [2.24, 2.45) is 17.3 Å². The van der Waals surface area contributed by atoms with Crippen LogP contribution in [0.2, 0.25) is 0 Å². The summed E-state index contributed by atoms with van der Waals surface area (Å²) >= 11 is 0. The summed E-state index contributed by atoms with van der Waals surface area (Å²) in [5.41, 5.74) is -0.999. The Morgan fingerprint density at radius 1 is 1.24 bits per heavy atom. The molecule has 1 aliphatic carbocycles. The first-order chi connectivity index (χ1) is 13.5. The summed E-state index contributed by atoms with van der Waals surface area (Å²) in [7, 11) is 1.15. The number of allylic oxidation sites excluding steroid dienone is 1. The second-order valence-corrected chi connectivity index (χ2v) is 7.41. The molecule has 162 valence electrons. The molecule has 0 bridgehead atoms. The highest BCUT2D eigenvalue weighted by Gasteiger charge is 2.53. The van der Waals surface area contributed by atoms with Crippen molar-refractivity contribution in [1.82, 2.24) is 0 Å². The van der Waals surface area contributed by atoms with Crippen LogP contribution in [0.1, 0.15) is 13.3 Å². The maximum Gasteiger partial charge on any atom is 0.336 e. The van der Waals surface area contributed by atoms with Gasteiger partial charge < -0.3 is 29.9 Å². The van der Waals surface area contributed by atoms with E-state index in [4.69, 9.17) is 14.6 Å². The molecule has 4 N–H and O–H groups in total. The van der Waals surface area contributed by atoms with E-state index in [1.165, 1.54) is 0 Å². The molecule has 0 aromatic heterocycles. The summed E-state index contributed by atoms with van der Waals surface area (Å²) in [5.74, 6) is -3.54. The van der Waals surface area contributed by atoms with E-state index >= 15 is 0 Å². The number of ether oxygens (including phenoxy) is 2. The Balaban J connectivity index is 3.38. The fourth-order valence-electron chi connectivity index (χ4n) is 3.79. The zero-order chi connectivity index (χ0) is 22.5. The van der Waals surface area contributed by atoms with E-state index in [0.29, 0.717) is 5.57 Å². The maximum atomic E-state index is 12.4. The van der Waals surface area contributed by atoms with Crippen LogP contribution in [-0.4, -0.2) is 71.0 Å². The predicted octanol–water partition coefficient (Wildman–Crippen LogP) is 0.275. The normalized spacial score (nSPS) is 30.0. The first kappa shape index (κ1) is 24.8. The summed E-state index contributed by atoms with van der Waals surface area (Å²) in [6, 6.07) is 0. The molecular formula is C21H30O8. The minimum atomic E-state index is -1.51. The molecule has 8 nitrogen and oxygen atoms in total. The smallest absolute Gasteiger partial charge is 0.336 e. The highest BCUT2D eigenvalue weighted by molar-refractivity contribution is 5.90. The number of carbonyl (C=O) groups excluding carboxylic acids is 2. The number of aliphatic hydroxyl groups is 4. The third-order valence-electron chi connectivity index (χ3n) is 5.52. The van der Waals surface area contributed by atoms with Crippen molar-refractivity contribution in [3.63, 3.8) is 0 Å². The van der Waals surface area contributed by atoms with Crippen molar-refractivity contribution in [3.8, 4) is 0 Å². The Labute approximate surface area is 170 Å². The Bertz CT molecular complexity index is 697. The lowest BCUT2D eigenvalue weighted by Gasteiger charge is -2.50. The fourth-order valence-corrected chi connectivity index (χ4v) is 3.79. The molecule has 0 amide bonds. The third-order valence-corrected chi connectivity index (χ3v) is 5.52. The van der Waals surface area contributed by atoms with Crippen LogP contribution in [0.3, 0.4) is 0 Å². The van der Waals surface area contributed by atoms with E-state index in [1.807, 2.05) is 0 Å². The summed E-state index contributed by atoms with van der Waals surface area (Å²) in [6.45, 7) is 15.3. The first-order valence-electron chi connectivity index (χ1n) is 9.05. The van der Waals surface area contributed by atoms with Crippen LogP contribution in [0.25, 0.3) is 0 Å². The van der Waals surface area contributed by atoms with Crippen LogP contribution in [-0.2, 0) is 19.1 Å². The molecule has 1 saturated carbocycles. The van der Waals surface area contributed by atoms with Gasteiger partial charge in [-0.15, -0.1) is 6.58 Å². The molecule has 0 saturated heterocycles. The Kier molecular flexibility index (Phi) is 8.52. The minimum Gasteiger partial charge on any atom is -0.466 e. The van der Waals surface area contributed by atoms with Crippen molar-refractivity contribution >= 4 is 11.9 Å². The van der Waals surface area contributed by atoms with Crippen molar-refractivity contribution in [1.29, 1.82) is 0 Å². The molecule has 0 heterocycles. The first-order valence-corrected chi connectivity index (χ1v) is 9.05. The number of hydrogen-bond donors (Lipinski definition) is 4. The number of methoxy groups -OCH3 is 1. The zero-order valence-corrected chi connectivity index (χ0v) is 16.8. The van der Waals surface area contributed by atoms with Gasteiger partial charge >= 0.3 is 11.9 Å². The van der Waals surface area contributed by atoms with E-state index in [9.17, 15) is 24.9 Å². The maximum absolute atomic E-state index is 12.4. The third kappa shape index (κ3) is 5.02. The van der Waals surface area contributed by atoms with E-state index in [-0.39, 0.29) is 17.6 Å². The van der Waals surface area contributed by atoms with Crippen molar-refractivity contribution in [3.05, 3.63) is 49.1 Å². The van der Waals surface area contributed by atoms with Crippen LogP contribution in [0.5, 0.6) is 0 Å². The standard InChI is InChI=1S/C21H30O8/c1-7-21(5)8-15(29-20(27)12(3)14(24)10-23)16(13(4)19(26)28-6)18(25)17(21)11(2)9-22/h7,14-18,22-25H,1-4,8-10H2,5-6H3/t14-,15-,16+,17+,18+,21-/m0/s1. The van der Waals surface area contributed by atoms with Gasteiger partial charge in [0.2, 0.25) is 0 Å². The number of carbonyl (C=O) groups is 2. The summed E-state index contributed by atoms with van der Waals surface area (Å²) in [6.07, 6.45) is -2.17. The molecule has 1 rings (SSSR count). The van der Waals surface area contributed by atoms with Gasteiger partial charge in [-0.05, 0) is 17.4 Å². The molecule has 0 spiro atoms. The Morgan fingerprint density at radius 3 is 2.28 bits per heavy atom. The molecule has 0 radical (unpaired) electrons. The molecule has 0 unspecified atom stereocenters. The largest absolute Gasteiger partial charge is 0.466 e.